The molecule has 108 valence electrons. The Morgan fingerprint density at radius 2 is 2.33 bits per heavy atom. The number of aromatic nitrogens is 1. The van der Waals surface area contributed by atoms with E-state index in [4.69, 9.17) is 5.11 Å². The summed E-state index contributed by atoms with van der Waals surface area (Å²) in [5.41, 5.74) is 4.02. The zero-order valence-corrected chi connectivity index (χ0v) is 12.5. The molecule has 2 N–H and O–H groups in total. The molecule has 0 saturated heterocycles. The number of nitrogens with zero attached hydrogens (tertiary/aromatic N) is 1. The molecule has 5 heteroatoms. The van der Waals surface area contributed by atoms with E-state index in [-0.39, 0.29) is 12.5 Å². The van der Waals surface area contributed by atoms with Crippen molar-refractivity contribution < 1.29 is 9.90 Å². The third-order valence-corrected chi connectivity index (χ3v) is 3.57. The summed E-state index contributed by atoms with van der Waals surface area (Å²) in [6.45, 7) is 2.43. The molecule has 1 amide bonds. The number of aliphatic hydroxyl groups excluding tert-OH is 1. The number of carbonyl (C=O) groups excluding carboxylic acids is 1. The van der Waals surface area contributed by atoms with E-state index in [1.165, 1.54) is 11.3 Å². The molecule has 0 aliphatic rings. The summed E-state index contributed by atoms with van der Waals surface area (Å²) in [5.74, 6) is 5.65. The van der Waals surface area contributed by atoms with Crippen molar-refractivity contribution in [2.24, 2.45) is 0 Å². The molecule has 1 heterocycles. The van der Waals surface area contributed by atoms with Gasteiger partial charge in [0.2, 0.25) is 0 Å². The topological polar surface area (TPSA) is 62.2 Å². The Morgan fingerprint density at radius 3 is 3.05 bits per heavy atom. The van der Waals surface area contributed by atoms with Gasteiger partial charge in [-0.05, 0) is 24.6 Å². The van der Waals surface area contributed by atoms with E-state index >= 15 is 0 Å². The fourth-order valence-corrected chi connectivity index (χ4v) is 2.30. The first-order chi connectivity index (χ1) is 10.2. The third kappa shape index (κ3) is 4.42. The fraction of sp³-hybridized carbons (Fsp3) is 0.250. The molecular weight excluding hydrogens is 284 g/mol. The Bertz CT molecular complexity index is 669. The molecule has 0 aliphatic heterocycles. The maximum atomic E-state index is 12.3. The van der Waals surface area contributed by atoms with Crippen molar-refractivity contribution in [2.45, 2.75) is 19.9 Å². The van der Waals surface area contributed by atoms with Crippen molar-refractivity contribution in [3.05, 3.63) is 51.5 Å². The minimum absolute atomic E-state index is 0.0196. The summed E-state index contributed by atoms with van der Waals surface area (Å²) < 4.78 is 0. The number of hydrogen-bond donors (Lipinski definition) is 2. The predicted octanol–water partition coefficient (Wildman–Crippen LogP) is 2.12. The molecule has 1 aromatic heterocycles. The minimum atomic E-state index is -0.156. The molecule has 0 bridgehead atoms. The molecule has 0 saturated carbocycles. The van der Waals surface area contributed by atoms with E-state index in [2.05, 4.69) is 22.1 Å². The number of nitrogens with one attached hydrogen (secondary N) is 1. The van der Waals surface area contributed by atoms with Gasteiger partial charge in [0, 0.05) is 23.1 Å². The molecule has 0 atom stereocenters. The molecular formula is C16H16N2O2S. The second-order valence-corrected chi connectivity index (χ2v) is 5.45. The average molecular weight is 300 g/mol. The summed E-state index contributed by atoms with van der Waals surface area (Å²) in [7, 11) is 0. The fourth-order valence-electron chi connectivity index (χ4n) is 1.77. The lowest BCUT2D eigenvalue weighted by Gasteiger charge is -2.07. The highest BCUT2D eigenvalue weighted by Crippen LogP contribution is 2.12. The van der Waals surface area contributed by atoms with E-state index < -0.39 is 0 Å². The Morgan fingerprint density at radius 1 is 1.48 bits per heavy atom. The molecule has 0 unspecified atom stereocenters. The van der Waals surface area contributed by atoms with Crippen molar-refractivity contribution in [1.29, 1.82) is 0 Å². The SMILES string of the molecule is Cc1ccc(C(=O)NCc2cncs2)c(C#CCCO)c1. The standard InChI is InChI=1S/C16H16N2O2S/c1-12-5-6-15(13(8-12)4-2-3-7-19)16(20)18-10-14-9-17-11-21-14/h5-6,8-9,11,19H,3,7,10H2,1H3,(H,18,20). The average Bonchev–Trinajstić information content (AvgIpc) is 2.98. The number of rotatable bonds is 4. The van der Waals surface area contributed by atoms with Crippen molar-refractivity contribution >= 4 is 17.2 Å². The summed E-state index contributed by atoms with van der Waals surface area (Å²) >= 11 is 1.50. The van der Waals surface area contributed by atoms with Gasteiger partial charge < -0.3 is 10.4 Å². The van der Waals surface area contributed by atoms with Gasteiger partial charge >= 0.3 is 0 Å². The highest BCUT2D eigenvalue weighted by Gasteiger charge is 2.10. The highest BCUT2D eigenvalue weighted by molar-refractivity contribution is 7.09. The van der Waals surface area contributed by atoms with Gasteiger partial charge in [0.15, 0.2) is 0 Å². The Kier molecular flexibility index (Phi) is 5.50. The predicted molar refractivity (Wildman–Crippen MR) is 83.0 cm³/mol. The van der Waals surface area contributed by atoms with Crippen LogP contribution in [-0.4, -0.2) is 22.6 Å². The largest absolute Gasteiger partial charge is 0.395 e. The zero-order valence-electron chi connectivity index (χ0n) is 11.7. The molecule has 2 aromatic rings. The Labute approximate surface area is 127 Å². The number of carbonyl (C=O) groups is 1. The number of benzene rings is 1. The van der Waals surface area contributed by atoms with E-state index in [0.717, 1.165) is 10.4 Å². The van der Waals surface area contributed by atoms with Crippen LogP contribution in [0, 0.1) is 18.8 Å². The number of hydrogen-bond acceptors (Lipinski definition) is 4. The summed E-state index contributed by atoms with van der Waals surface area (Å²) in [4.78, 5) is 17.2. The van der Waals surface area contributed by atoms with Gasteiger partial charge in [-0.25, -0.2) is 0 Å². The van der Waals surface area contributed by atoms with Crippen LogP contribution in [-0.2, 0) is 6.54 Å². The summed E-state index contributed by atoms with van der Waals surface area (Å²) in [6.07, 6.45) is 2.14. The molecule has 2 rings (SSSR count). The van der Waals surface area contributed by atoms with Crippen LogP contribution >= 0.6 is 11.3 Å². The van der Waals surface area contributed by atoms with Gasteiger partial charge in [-0.2, -0.15) is 0 Å². The lowest BCUT2D eigenvalue weighted by atomic mass is 10.0. The van der Waals surface area contributed by atoms with Crippen LogP contribution in [0.25, 0.3) is 0 Å². The molecule has 0 spiro atoms. The van der Waals surface area contributed by atoms with Gasteiger partial charge in [0.25, 0.3) is 5.91 Å². The van der Waals surface area contributed by atoms with E-state index in [1.54, 1.807) is 17.8 Å². The second kappa shape index (κ2) is 7.58. The smallest absolute Gasteiger partial charge is 0.252 e. The summed E-state index contributed by atoms with van der Waals surface area (Å²) in [6, 6.07) is 5.55. The maximum Gasteiger partial charge on any atom is 0.252 e. The quantitative estimate of drug-likeness (QED) is 0.850. The van der Waals surface area contributed by atoms with Crippen molar-refractivity contribution in [2.75, 3.05) is 6.61 Å². The Hall–Kier alpha value is -2.16. The molecule has 0 radical (unpaired) electrons. The van der Waals surface area contributed by atoms with Crippen LogP contribution in [0.2, 0.25) is 0 Å². The van der Waals surface area contributed by atoms with E-state index in [0.29, 0.717) is 24.1 Å². The number of aryl methyl sites for hydroxylation is 1. The monoisotopic (exact) mass is 300 g/mol. The van der Waals surface area contributed by atoms with Gasteiger partial charge in [-0.15, -0.1) is 11.3 Å². The van der Waals surface area contributed by atoms with E-state index in [1.807, 2.05) is 19.1 Å². The lowest BCUT2D eigenvalue weighted by Crippen LogP contribution is -2.23. The first kappa shape index (κ1) is 15.2. The molecule has 4 nitrogen and oxygen atoms in total. The first-order valence-electron chi connectivity index (χ1n) is 6.56. The Balaban J connectivity index is 2.14. The number of thiazole rings is 1. The zero-order chi connectivity index (χ0) is 15.1. The van der Waals surface area contributed by atoms with Crippen LogP contribution in [0.1, 0.15) is 32.8 Å². The van der Waals surface area contributed by atoms with Crippen LogP contribution in [0.15, 0.2) is 29.9 Å². The molecule has 0 aliphatic carbocycles. The number of aliphatic hydroxyl groups is 1. The van der Waals surface area contributed by atoms with Gasteiger partial charge in [-0.3, -0.25) is 9.78 Å². The van der Waals surface area contributed by atoms with Crippen LogP contribution < -0.4 is 5.32 Å². The van der Waals surface area contributed by atoms with Crippen molar-refractivity contribution in [1.82, 2.24) is 10.3 Å². The molecule has 1 aromatic carbocycles. The number of amides is 1. The maximum absolute atomic E-state index is 12.3. The first-order valence-corrected chi connectivity index (χ1v) is 7.44. The normalized spacial score (nSPS) is 9.81. The van der Waals surface area contributed by atoms with Crippen LogP contribution in [0.5, 0.6) is 0 Å². The third-order valence-electron chi connectivity index (χ3n) is 2.79. The van der Waals surface area contributed by atoms with Gasteiger partial charge in [-0.1, -0.05) is 17.9 Å². The lowest BCUT2D eigenvalue weighted by molar-refractivity contribution is 0.0951. The summed E-state index contributed by atoms with van der Waals surface area (Å²) in [5, 5.41) is 11.6. The highest BCUT2D eigenvalue weighted by atomic mass is 32.1. The molecule has 0 fully saturated rings. The van der Waals surface area contributed by atoms with Crippen LogP contribution in [0.3, 0.4) is 0 Å². The second-order valence-electron chi connectivity index (χ2n) is 4.47. The van der Waals surface area contributed by atoms with Gasteiger partial charge in [0.05, 0.1) is 24.2 Å². The minimum Gasteiger partial charge on any atom is -0.395 e. The van der Waals surface area contributed by atoms with Crippen molar-refractivity contribution in [3.63, 3.8) is 0 Å². The van der Waals surface area contributed by atoms with Gasteiger partial charge in [0.1, 0.15) is 0 Å². The van der Waals surface area contributed by atoms with Crippen LogP contribution in [0.4, 0.5) is 0 Å². The van der Waals surface area contributed by atoms with E-state index in [9.17, 15) is 4.79 Å². The van der Waals surface area contributed by atoms with Crippen molar-refractivity contribution in [3.8, 4) is 11.8 Å². The molecule has 21 heavy (non-hydrogen) atoms.